The third-order valence-corrected chi connectivity index (χ3v) is 4.08. The molecule has 3 heteroatoms. The van der Waals surface area contributed by atoms with Crippen LogP contribution in [0, 0.1) is 11.3 Å². The van der Waals surface area contributed by atoms with Gasteiger partial charge in [0.25, 0.3) is 0 Å². The second kappa shape index (κ2) is 6.47. The predicted octanol–water partition coefficient (Wildman–Crippen LogP) is 3.73. The smallest absolute Gasteiger partial charge is 0.121 e. The van der Waals surface area contributed by atoms with Crippen molar-refractivity contribution in [3.8, 4) is 11.8 Å². The van der Waals surface area contributed by atoms with Crippen molar-refractivity contribution in [3.05, 3.63) is 23.8 Å². The summed E-state index contributed by atoms with van der Waals surface area (Å²) in [4.78, 5) is 2.27. The molecule has 1 fully saturated rings. The molecule has 2 rings (SSSR count). The first-order valence-corrected chi connectivity index (χ1v) is 7.07. The Morgan fingerprint density at radius 3 is 2.47 bits per heavy atom. The van der Waals surface area contributed by atoms with Crippen LogP contribution in [0.15, 0.2) is 18.2 Å². The minimum atomic E-state index is 0.543. The molecule has 0 aromatic heterocycles. The molecule has 0 bridgehead atoms. The lowest BCUT2D eigenvalue weighted by molar-refractivity contribution is 0.414. The third-order valence-electron chi connectivity index (χ3n) is 4.08. The zero-order valence-corrected chi connectivity index (χ0v) is 11.9. The predicted molar refractivity (Wildman–Crippen MR) is 77.6 cm³/mol. The van der Waals surface area contributed by atoms with E-state index in [1.54, 1.807) is 7.11 Å². The minimum Gasteiger partial charge on any atom is -0.497 e. The van der Waals surface area contributed by atoms with Crippen molar-refractivity contribution in [2.45, 2.75) is 44.6 Å². The SMILES string of the molecule is COc1ccc(C#N)c(N(C)C2CCCCCC2)c1. The third kappa shape index (κ3) is 3.20. The van der Waals surface area contributed by atoms with Gasteiger partial charge in [-0.1, -0.05) is 25.7 Å². The summed E-state index contributed by atoms with van der Waals surface area (Å²) in [6, 6.07) is 8.50. The van der Waals surface area contributed by atoms with Gasteiger partial charge < -0.3 is 9.64 Å². The molecule has 1 aliphatic carbocycles. The van der Waals surface area contributed by atoms with E-state index in [2.05, 4.69) is 18.0 Å². The molecule has 0 amide bonds. The maximum Gasteiger partial charge on any atom is 0.121 e. The van der Waals surface area contributed by atoms with Crippen LogP contribution in [-0.4, -0.2) is 20.2 Å². The van der Waals surface area contributed by atoms with Crippen molar-refractivity contribution < 1.29 is 4.74 Å². The number of ether oxygens (including phenoxy) is 1. The molecule has 0 aliphatic heterocycles. The largest absolute Gasteiger partial charge is 0.497 e. The highest BCUT2D eigenvalue weighted by Crippen LogP contribution is 2.30. The van der Waals surface area contributed by atoms with E-state index in [0.717, 1.165) is 17.0 Å². The number of hydrogen-bond donors (Lipinski definition) is 0. The number of anilines is 1. The van der Waals surface area contributed by atoms with E-state index < -0.39 is 0 Å². The van der Waals surface area contributed by atoms with Crippen LogP contribution < -0.4 is 9.64 Å². The van der Waals surface area contributed by atoms with Crippen molar-refractivity contribution in [1.29, 1.82) is 5.26 Å². The Morgan fingerprint density at radius 1 is 1.21 bits per heavy atom. The average molecular weight is 258 g/mol. The maximum absolute atomic E-state index is 9.27. The molecule has 0 N–H and O–H groups in total. The minimum absolute atomic E-state index is 0.543. The van der Waals surface area contributed by atoms with Gasteiger partial charge in [-0.25, -0.2) is 0 Å². The van der Waals surface area contributed by atoms with Gasteiger partial charge in [-0.05, 0) is 25.0 Å². The van der Waals surface area contributed by atoms with Gasteiger partial charge in [0.05, 0.1) is 18.4 Å². The second-order valence-electron chi connectivity index (χ2n) is 5.25. The van der Waals surface area contributed by atoms with E-state index in [1.807, 2.05) is 18.2 Å². The summed E-state index contributed by atoms with van der Waals surface area (Å²) in [6.45, 7) is 0. The van der Waals surface area contributed by atoms with Gasteiger partial charge in [0, 0.05) is 19.2 Å². The summed E-state index contributed by atoms with van der Waals surface area (Å²) in [6.07, 6.45) is 7.71. The molecule has 1 aromatic rings. The Balaban J connectivity index is 2.25. The lowest BCUT2D eigenvalue weighted by atomic mass is 10.1. The van der Waals surface area contributed by atoms with Gasteiger partial charge in [0.2, 0.25) is 0 Å². The van der Waals surface area contributed by atoms with Crippen LogP contribution in [0.5, 0.6) is 5.75 Å². The summed E-state index contributed by atoms with van der Waals surface area (Å²) in [5.41, 5.74) is 1.72. The van der Waals surface area contributed by atoms with Gasteiger partial charge in [0.15, 0.2) is 0 Å². The van der Waals surface area contributed by atoms with Crippen molar-refractivity contribution in [3.63, 3.8) is 0 Å². The summed E-state index contributed by atoms with van der Waals surface area (Å²) < 4.78 is 5.28. The fourth-order valence-corrected chi connectivity index (χ4v) is 2.87. The number of hydrogen-bond acceptors (Lipinski definition) is 3. The molecule has 1 saturated carbocycles. The Hall–Kier alpha value is -1.69. The van der Waals surface area contributed by atoms with Crippen LogP contribution in [0.3, 0.4) is 0 Å². The molecule has 3 nitrogen and oxygen atoms in total. The van der Waals surface area contributed by atoms with Gasteiger partial charge in [-0.3, -0.25) is 0 Å². The van der Waals surface area contributed by atoms with Crippen molar-refractivity contribution >= 4 is 5.69 Å². The van der Waals surface area contributed by atoms with E-state index in [1.165, 1.54) is 38.5 Å². The van der Waals surface area contributed by atoms with E-state index >= 15 is 0 Å². The molecule has 19 heavy (non-hydrogen) atoms. The highest BCUT2D eigenvalue weighted by molar-refractivity contribution is 5.62. The Labute approximate surface area is 115 Å². The number of nitrogens with zero attached hydrogens (tertiary/aromatic N) is 2. The van der Waals surface area contributed by atoms with Crippen LogP contribution in [0.1, 0.15) is 44.1 Å². The molecule has 102 valence electrons. The number of nitriles is 1. The summed E-state index contributed by atoms with van der Waals surface area (Å²) in [5, 5.41) is 9.27. The van der Waals surface area contributed by atoms with Crippen LogP contribution in [-0.2, 0) is 0 Å². The Bertz CT molecular complexity index is 456. The van der Waals surface area contributed by atoms with Crippen LogP contribution in [0.2, 0.25) is 0 Å². The van der Waals surface area contributed by atoms with E-state index in [4.69, 9.17) is 4.74 Å². The first-order valence-electron chi connectivity index (χ1n) is 7.07. The first kappa shape index (κ1) is 13.7. The quantitative estimate of drug-likeness (QED) is 0.775. The van der Waals surface area contributed by atoms with E-state index in [-0.39, 0.29) is 0 Å². The second-order valence-corrected chi connectivity index (χ2v) is 5.25. The molecular weight excluding hydrogens is 236 g/mol. The highest BCUT2D eigenvalue weighted by atomic mass is 16.5. The molecule has 0 spiro atoms. The summed E-state index contributed by atoms with van der Waals surface area (Å²) in [7, 11) is 3.77. The fraction of sp³-hybridized carbons (Fsp3) is 0.562. The summed E-state index contributed by atoms with van der Waals surface area (Å²) >= 11 is 0. The maximum atomic E-state index is 9.27. The van der Waals surface area contributed by atoms with Crippen LogP contribution >= 0.6 is 0 Å². The van der Waals surface area contributed by atoms with Crippen molar-refractivity contribution in [2.75, 3.05) is 19.1 Å². The molecule has 0 heterocycles. The van der Waals surface area contributed by atoms with Crippen LogP contribution in [0.25, 0.3) is 0 Å². The van der Waals surface area contributed by atoms with Gasteiger partial charge in [-0.15, -0.1) is 0 Å². The number of rotatable bonds is 3. The van der Waals surface area contributed by atoms with Gasteiger partial charge in [0.1, 0.15) is 11.8 Å². The average Bonchev–Trinajstić information content (AvgIpc) is 2.74. The molecule has 0 radical (unpaired) electrons. The zero-order valence-electron chi connectivity index (χ0n) is 11.9. The standard InChI is InChI=1S/C16H22N2O/c1-18(14-7-5-3-4-6-8-14)16-11-15(19-2)10-9-13(16)12-17/h9-11,14H,3-8H2,1-2H3. The zero-order chi connectivity index (χ0) is 13.7. The number of benzene rings is 1. The summed E-state index contributed by atoms with van der Waals surface area (Å²) in [5.74, 6) is 0.814. The molecule has 1 aliphatic rings. The van der Waals surface area contributed by atoms with Gasteiger partial charge >= 0.3 is 0 Å². The molecule has 0 unspecified atom stereocenters. The normalized spacial score (nSPS) is 16.5. The van der Waals surface area contributed by atoms with Crippen molar-refractivity contribution in [2.24, 2.45) is 0 Å². The molecule has 1 aromatic carbocycles. The number of methoxy groups -OCH3 is 1. The van der Waals surface area contributed by atoms with E-state index in [9.17, 15) is 5.26 Å². The lowest BCUT2D eigenvalue weighted by Gasteiger charge is -2.30. The topological polar surface area (TPSA) is 36.3 Å². The lowest BCUT2D eigenvalue weighted by Crippen LogP contribution is -2.31. The monoisotopic (exact) mass is 258 g/mol. The Morgan fingerprint density at radius 2 is 1.89 bits per heavy atom. The highest BCUT2D eigenvalue weighted by Gasteiger charge is 2.19. The van der Waals surface area contributed by atoms with Crippen molar-refractivity contribution in [1.82, 2.24) is 0 Å². The first-order chi connectivity index (χ1) is 9.26. The Kier molecular flexibility index (Phi) is 4.68. The molecular formula is C16H22N2O. The van der Waals surface area contributed by atoms with Crippen LogP contribution in [0.4, 0.5) is 5.69 Å². The van der Waals surface area contributed by atoms with E-state index in [0.29, 0.717) is 6.04 Å². The van der Waals surface area contributed by atoms with Gasteiger partial charge in [-0.2, -0.15) is 5.26 Å². The fourth-order valence-electron chi connectivity index (χ4n) is 2.87. The molecule has 0 saturated heterocycles. The molecule has 0 atom stereocenters.